The lowest BCUT2D eigenvalue weighted by Crippen LogP contribution is -2.42. The summed E-state index contributed by atoms with van der Waals surface area (Å²) in [6.45, 7) is 6.94. The van der Waals surface area contributed by atoms with Gasteiger partial charge in [0.05, 0.1) is 12.6 Å². The Hall–Kier alpha value is -1.75. The van der Waals surface area contributed by atoms with Crippen molar-refractivity contribution in [2.45, 2.75) is 26.3 Å². The van der Waals surface area contributed by atoms with Crippen molar-refractivity contribution in [3.8, 4) is 5.75 Å². The third-order valence-electron chi connectivity index (χ3n) is 4.68. The Morgan fingerprint density at radius 1 is 1.36 bits per heavy atom. The second-order valence-electron chi connectivity index (χ2n) is 6.35. The lowest BCUT2D eigenvalue weighted by atomic mass is 10.0. The van der Waals surface area contributed by atoms with Crippen LogP contribution in [-0.2, 0) is 4.74 Å². The molecular formula is C17H24N2O3. The number of hydrogen-bond acceptors (Lipinski definition) is 3. The Bertz CT molecular complexity index is 567. The van der Waals surface area contributed by atoms with Crippen molar-refractivity contribution in [1.82, 2.24) is 10.2 Å². The minimum absolute atomic E-state index is 0.0495. The summed E-state index contributed by atoms with van der Waals surface area (Å²) < 4.78 is 11.1. The Labute approximate surface area is 131 Å². The van der Waals surface area contributed by atoms with Crippen LogP contribution in [0.4, 0.5) is 4.79 Å². The summed E-state index contributed by atoms with van der Waals surface area (Å²) in [5.41, 5.74) is 3.45. The molecule has 1 aromatic rings. The number of carbonyl (C=O) groups excluding carboxylic acids is 1. The fourth-order valence-corrected chi connectivity index (χ4v) is 3.11. The van der Waals surface area contributed by atoms with Crippen molar-refractivity contribution in [2.75, 3.05) is 33.4 Å². The molecule has 5 heteroatoms. The van der Waals surface area contributed by atoms with Gasteiger partial charge in [-0.05, 0) is 31.4 Å². The molecule has 1 fully saturated rings. The Morgan fingerprint density at radius 3 is 2.91 bits per heavy atom. The van der Waals surface area contributed by atoms with Crippen molar-refractivity contribution in [2.24, 2.45) is 5.92 Å². The van der Waals surface area contributed by atoms with E-state index in [2.05, 4.69) is 31.3 Å². The molecule has 22 heavy (non-hydrogen) atoms. The van der Waals surface area contributed by atoms with Gasteiger partial charge in [0.25, 0.3) is 0 Å². The number of hydrogen-bond donors (Lipinski definition) is 1. The van der Waals surface area contributed by atoms with E-state index in [1.54, 1.807) is 4.90 Å². The zero-order chi connectivity index (χ0) is 15.7. The summed E-state index contributed by atoms with van der Waals surface area (Å²) in [5.74, 6) is 1.38. The smallest absolute Gasteiger partial charge is 0.317 e. The predicted molar refractivity (Wildman–Crippen MR) is 84.2 cm³/mol. The summed E-state index contributed by atoms with van der Waals surface area (Å²) >= 11 is 0. The quantitative estimate of drug-likeness (QED) is 0.933. The van der Waals surface area contributed by atoms with Crippen LogP contribution in [-0.4, -0.2) is 44.3 Å². The van der Waals surface area contributed by atoms with Crippen molar-refractivity contribution in [1.29, 1.82) is 0 Å². The van der Waals surface area contributed by atoms with E-state index in [0.29, 0.717) is 12.5 Å². The first kappa shape index (κ1) is 15.2. The summed E-state index contributed by atoms with van der Waals surface area (Å²) in [4.78, 5) is 14.1. The molecule has 0 unspecified atom stereocenters. The molecule has 1 N–H and O–H groups in total. The Balaban J connectivity index is 1.62. The van der Waals surface area contributed by atoms with Gasteiger partial charge < -0.3 is 19.7 Å². The molecule has 3 rings (SSSR count). The predicted octanol–water partition coefficient (Wildman–Crippen LogP) is 2.41. The van der Waals surface area contributed by atoms with E-state index in [-0.39, 0.29) is 12.1 Å². The minimum Gasteiger partial charge on any atom is -0.490 e. The standard InChI is InChI=1S/C17H24N2O3/c1-11-4-5-14-15(10-22-16(14)12(11)2)18-17(20)19(3)8-13-6-7-21-9-13/h4-5,13,15H,6-10H2,1-3H3,(H,18,20)/t13-,15-/m0/s1. The number of nitrogens with one attached hydrogen (secondary N) is 1. The maximum absolute atomic E-state index is 12.4. The number of amides is 2. The molecule has 1 aromatic carbocycles. The number of urea groups is 1. The largest absolute Gasteiger partial charge is 0.490 e. The van der Waals surface area contributed by atoms with E-state index in [4.69, 9.17) is 9.47 Å². The number of nitrogens with zero attached hydrogens (tertiary/aromatic N) is 1. The van der Waals surface area contributed by atoms with Gasteiger partial charge in [0.15, 0.2) is 0 Å². The van der Waals surface area contributed by atoms with Gasteiger partial charge in [0.1, 0.15) is 12.4 Å². The second-order valence-corrected chi connectivity index (χ2v) is 6.35. The molecule has 120 valence electrons. The van der Waals surface area contributed by atoms with Crippen molar-refractivity contribution in [3.05, 3.63) is 28.8 Å². The molecule has 1 saturated heterocycles. The highest BCUT2D eigenvalue weighted by molar-refractivity contribution is 5.75. The van der Waals surface area contributed by atoms with Crippen molar-refractivity contribution in [3.63, 3.8) is 0 Å². The van der Waals surface area contributed by atoms with Crippen molar-refractivity contribution >= 4 is 6.03 Å². The number of ether oxygens (including phenoxy) is 2. The van der Waals surface area contributed by atoms with Crippen LogP contribution in [0.3, 0.4) is 0 Å². The maximum atomic E-state index is 12.4. The molecule has 2 atom stereocenters. The van der Waals surface area contributed by atoms with Gasteiger partial charge in [0.2, 0.25) is 0 Å². The Kier molecular flexibility index (Phi) is 4.25. The van der Waals surface area contributed by atoms with E-state index >= 15 is 0 Å². The SMILES string of the molecule is Cc1ccc2c(c1C)OC[C@@H]2NC(=O)N(C)C[C@@H]1CCOC1. The molecule has 0 aliphatic carbocycles. The lowest BCUT2D eigenvalue weighted by molar-refractivity contribution is 0.169. The van der Waals surface area contributed by atoms with Crippen LogP contribution >= 0.6 is 0 Å². The number of aryl methyl sites for hydroxylation is 1. The highest BCUT2D eigenvalue weighted by Crippen LogP contribution is 2.36. The lowest BCUT2D eigenvalue weighted by Gasteiger charge is -2.23. The van der Waals surface area contributed by atoms with Gasteiger partial charge in [-0.1, -0.05) is 12.1 Å². The molecule has 2 amide bonds. The second kappa shape index (κ2) is 6.16. The zero-order valence-corrected chi connectivity index (χ0v) is 13.5. The number of carbonyl (C=O) groups is 1. The fraction of sp³-hybridized carbons (Fsp3) is 0.588. The third-order valence-corrected chi connectivity index (χ3v) is 4.68. The van der Waals surface area contributed by atoms with E-state index in [0.717, 1.165) is 43.1 Å². The van der Waals surface area contributed by atoms with Crippen LogP contribution in [0.5, 0.6) is 5.75 Å². The first-order valence-electron chi connectivity index (χ1n) is 7.88. The number of rotatable bonds is 3. The highest BCUT2D eigenvalue weighted by atomic mass is 16.5. The van der Waals surface area contributed by atoms with Gasteiger partial charge in [-0.2, -0.15) is 0 Å². The van der Waals surface area contributed by atoms with Gasteiger partial charge in [-0.25, -0.2) is 4.79 Å². The van der Waals surface area contributed by atoms with Crippen molar-refractivity contribution < 1.29 is 14.3 Å². The van der Waals surface area contributed by atoms with Crippen LogP contribution in [0.15, 0.2) is 12.1 Å². The van der Waals surface area contributed by atoms with Gasteiger partial charge in [-0.15, -0.1) is 0 Å². The molecule has 2 aliphatic heterocycles. The summed E-state index contributed by atoms with van der Waals surface area (Å²) in [6.07, 6.45) is 1.03. The number of benzene rings is 1. The molecular weight excluding hydrogens is 280 g/mol. The minimum atomic E-state index is -0.0657. The molecule has 0 spiro atoms. The molecule has 2 heterocycles. The molecule has 0 aromatic heterocycles. The average molecular weight is 304 g/mol. The van der Waals surface area contributed by atoms with Crippen LogP contribution in [0.2, 0.25) is 0 Å². The zero-order valence-electron chi connectivity index (χ0n) is 13.5. The van der Waals surface area contributed by atoms with Gasteiger partial charge in [0, 0.05) is 31.7 Å². The van der Waals surface area contributed by atoms with Crippen LogP contribution < -0.4 is 10.1 Å². The molecule has 0 saturated carbocycles. The third kappa shape index (κ3) is 2.90. The van der Waals surface area contributed by atoms with E-state index in [9.17, 15) is 4.79 Å². The van der Waals surface area contributed by atoms with Gasteiger partial charge in [-0.3, -0.25) is 0 Å². The normalized spacial score (nSPS) is 23.0. The summed E-state index contributed by atoms with van der Waals surface area (Å²) in [6, 6.07) is 4.03. The highest BCUT2D eigenvalue weighted by Gasteiger charge is 2.29. The molecule has 0 bridgehead atoms. The van der Waals surface area contributed by atoms with E-state index < -0.39 is 0 Å². The fourth-order valence-electron chi connectivity index (χ4n) is 3.11. The molecule has 2 aliphatic rings. The van der Waals surface area contributed by atoms with Crippen LogP contribution in [0.25, 0.3) is 0 Å². The maximum Gasteiger partial charge on any atom is 0.317 e. The molecule has 5 nitrogen and oxygen atoms in total. The van der Waals surface area contributed by atoms with Gasteiger partial charge >= 0.3 is 6.03 Å². The van der Waals surface area contributed by atoms with Crippen LogP contribution in [0, 0.1) is 19.8 Å². The first-order chi connectivity index (χ1) is 10.6. The average Bonchev–Trinajstić information content (AvgIpc) is 3.13. The topological polar surface area (TPSA) is 50.8 Å². The number of fused-ring (bicyclic) bond motifs is 1. The Morgan fingerprint density at radius 2 is 2.18 bits per heavy atom. The summed E-state index contributed by atoms with van der Waals surface area (Å²) in [7, 11) is 1.84. The molecule has 0 radical (unpaired) electrons. The summed E-state index contributed by atoms with van der Waals surface area (Å²) in [5, 5.41) is 3.08. The van der Waals surface area contributed by atoms with E-state index in [1.165, 1.54) is 5.56 Å². The monoisotopic (exact) mass is 304 g/mol. The first-order valence-corrected chi connectivity index (χ1v) is 7.88. The van der Waals surface area contributed by atoms with E-state index in [1.807, 2.05) is 7.05 Å². The van der Waals surface area contributed by atoms with Crippen LogP contribution in [0.1, 0.15) is 29.2 Å².